The molecule has 0 atom stereocenters. The lowest BCUT2D eigenvalue weighted by molar-refractivity contribution is 0.385. The normalized spacial score (nSPS) is 14.6. The summed E-state index contributed by atoms with van der Waals surface area (Å²) >= 11 is 5.33. The Morgan fingerprint density at radius 3 is 2.33 bits per heavy atom. The van der Waals surface area contributed by atoms with Gasteiger partial charge in [0.05, 0.1) is 4.90 Å². The summed E-state index contributed by atoms with van der Waals surface area (Å²) in [5.41, 5.74) is 4.08. The SMILES string of the molecule is Cc1ccc(N2CCN(S(=O)(=O)c3ccc(NC(=S)NCc4cccnc4)cc3)CC2)cc1. The summed E-state index contributed by atoms with van der Waals surface area (Å²) in [5, 5.41) is 6.66. The highest BCUT2D eigenvalue weighted by Crippen LogP contribution is 2.22. The van der Waals surface area contributed by atoms with Gasteiger partial charge in [-0.05, 0) is 67.2 Å². The van der Waals surface area contributed by atoms with Crippen LogP contribution in [0.1, 0.15) is 11.1 Å². The number of nitrogens with zero attached hydrogens (tertiary/aromatic N) is 3. The van der Waals surface area contributed by atoms with E-state index in [0.29, 0.717) is 37.8 Å². The highest BCUT2D eigenvalue weighted by molar-refractivity contribution is 7.89. The molecule has 172 valence electrons. The van der Waals surface area contributed by atoms with E-state index in [2.05, 4.69) is 51.7 Å². The number of piperazine rings is 1. The van der Waals surface area contributed by atoms with Gasteiger partial charge in [0, 0.05) is 56.5 Å². The second-order valence-electron chi connectivity index (χ2n) is 7.92. The first kappa shape index (κ1) is 23.2. The van der Waals surface area contributed by atoms with Crippen LogP contribution >= 0.6 is 12.2 Å². The van der Waals surface area contributed by atoms with Gasteiger partial charge in [0.2, 0.25) is 10.0 Å². The lowest BCUT2D eigenvalue weighted by atomic mass is 10.2. The lowest BCUT2D eigenvalue weighted by Gasteiger charge is -2.35. The van der Waals surface area contributed by atoms with E-state index in [9.17, 15) is 8.42 Å². The summed E-state index contributed by atoms with van der Waals surface area (Å²) in [4.78, 5) is 6.58. The highest BCUT2D eigenvalue weighted by atomic mass is 32.2. The molecule has 0 spiro atoms. The van der Waals surface area contributed by atoms with Crippen molar-refractivity contribution in [1.29, 1.82) is 0 Å². The molecule has 3 aromatic rings. The highest BCUT2D eigenvalue weighted by Gasteiger charge is 2.28. The van der Waals surface area contributed by atoms with Crippen molar-refractivity contribution in [3.05, 3.63) is 84.2 Å². The predicted octanol–water partition coefficient (Wildman–Crippen LogP) is 3.39. The summed E-state index contributed by atoms with van der Waals surface area (Å²) in [6.45, 7) is 4.86. The van der Waals surface area contributed by atoms with Gasteiger partial charge in [-0.3, -0.25) is 4.98 Å². The van der Waals surface area contributed by atoms with Gasteiger partial charge in [0.25, 0.3) is 0 Å². The molecule has 1 aromatic heterocycles. The minimum atomic E-state index is -3.54. The first-order valence-electron chi connectivity index (χ1n) is 10.8. The first-order chi connectivity index (χ1) is 15.9. The minimum absolute atomic E-state index is 0.283. The van der Waals surface area contributed by atoms with Crippen LogP contribution < -0.4 is 15.5 Å². The van der Waals surface area contributed by atoms with E-state index >= 15 is 0 Å². The Kier molecular flexibility index (Phi) is 7.22. The van der Waals surface area contributed by atoms with E-state index in [4.69, 9.17) is 12.2 Å². The topological polar surface area (TPSA) is 77.6 Å². The Morgan fingerprint density at radius 2 is 1.70 bits per heavy atom. The van der Waals surface area contributed by atoms with E-state index in [-0.39, 0.29) is 4.90 Å². The van der Waals surface area contributed by atoms with Gasteiger partial charge < -0.3 is 15.5 Å². The van der Waals surface area contributed by atoms with E-state index < -0.39 is 10.0 Å². The van der Waals surface area contributed by atoms with Crippen molar-refractivity contribution in [2.45, 2.75) is 18.4 Å². The van der Waals surface area contributed by atoms with Crippen LogP contribution in [0.15, 0.2) is 78.0 Å². The Hall–Kier alpha value is -3.01. The number of pyridine rings is 1. The van der Waals surface area contributed by atoms with Crippen LogP contribution in [0.3, 0.4) is 0 Å². The Labute approximate surface area is 200 Å². The zero-order valence-corrected chi connectivity index (χ0v) is 20.1. The molecule has 0 unspecified atom stereocenters. The summed E-state index contributed by atoms with van der Waals surface area (Å²) < 4.78 is 27.8. The number of hydrogen-bond acceptors (Lipinski definition) is 5. The molecule has 1 saturated heterocycles. The average molecular weight is 482 g/mol. The number of hydrogen-bond donors (Lipinski definition) is 2. The largest absolute Gasteiger partial charge is 0.369 e. The molecule has 1 aliphatic heterocycles. The van der Waals surface area contributed by atoms with Gasteiger partial charge in [-0.25, -0.2) is 8.42 Å². The van der Waals surface area contributed by atoms with Crippen molar-refractivity contribution in [2.75, 3.05) is 36.4 Å². The molecule has 2 aromatic carbocycles. The second-order valence-corrected chi connectivity index (χ2v) is 10.3. The molecule has 0 radical (unpaired) electrons. The Balaban J connectivity index is 1.32. The summed E-state index contributed by atoms with van der Waals surface area (Å²) in [5.74, 6) is 0. The molecule has 2 heterocycles. The van der Waals surface area contributed by atoms with Crippen LogP contribution in [0.5, 0.6) is 0 Å². The molecule has 2 N–H and O–H groups in total. The van der Waals surface area contributed by atoms with Crippen molar-refractivity contribution in [1.82, 2.24) is 14.6 Å². The number of nitrogens with one attached hydrogen (secondary N) is 2. The predicted molar refractivity (Wildman–Crippen MR) is 136 cm³/mol. The molecule has 4 rings (SSSR count). The molecule has 1 fully saturated rings. The van der Waals surface area contributed by atoms with Crippen LogP contribution in [0.2, 0.25) is 0 Å². The number of rotatable bonds is 6. The standard InChI is InChI=1S/C24H27N5O2S2/c1-19-4-8-22(9-5-19)28-13-15-29(16-14-28)33(30,31)23-10-6-21(7-11-23)27-24(32)26-18-20-3-2-12-25-17-20/h2-12,17H,13-16,18H2,1H3,(H2,26,27,32). The van der Waals surface area contributed by atoms with Crippen LogP contribution in [0.25, 0.3) is 0 Å². The maximum atomic E-state index is 13.1. The van der Waals surface area contributed by atoms with Gasteiger partial charge >= 0.3 is 0 Å². The van der Waals surface area contributed by atoms with Crippen LogP contribution in [0.4, 0.5) is 11.4 Å². The third-order valence-corrected chi connectivity index (χ3v) is 7.72. The fourth-order valence-electron chi connectivity index (χ4n) is 3.66. The van der Waals surface area contributed by atoms with Crippen LogP contribution in [0, 0.1) is 6.92 Å². The Morgan fingerprint density at radius 1 is 1.00 bits per heavy atom. The van der Waals surface area contributed by atoms with Gasteiger partial charge in [-0.2, -0.15) is 4.31 Å². The van der Waals surface area contributed by atoms with Crippen LogP contribution in [-0.4, -0.2) is 49.0 Å². The molecule has 1 aliphatic rings. The smallest absolute Gasteiger partial charge is 0.243 e. The lowest BCUT2D eigenvalue weighted by Crippen LogP contribution is -2.48. The second kappa shape index (κ2) is 10.3. The summed E-state index contributed by atoms with van der Waals surface area (Å²) in [6.07, 6.45) is 3.50. The zero-order valence-electron chi connectivity index (χ0n) is 18.4. The van der Waals surface area contributed by atoms with Gasteiger partial charge in [0.1, 0.15) is 0 Å². The van der Waals surface area contributed by atoms with Crippen molar-refractivity contribution >= 4 is 38.7 Å². The first-order valence-corrected chi connectivity index (χ1v) is 12.6. The molecule has 33 heavy (non-hydrogen) atoms. The van der Waals surface area contributed by atoms with Gasteiger partial charge in [-0.15, -0.1) is 0 Å². The monoisotopic (exact) mass is 481 g/mol. The Bertz CT molecular complexity index is 1180. The van der Waals surface area contributed by atoms with Crippen molar-refractivity contribution in [2.24, 2.45) is 0 Å². The fourth-order valence-corrected chi connectivity index (χ4v) is 5.27. The third-order valence-electron chi connectivity index (χ3n) is 5.56. The van der Waals surface area contributed by atoms with Gasteiger partial charge in [-0.1, -0.05) is 23.8 Å². The van der Waals surface area contributed by atoms with E-state index in [1.807, 2.05) is 12.1 Å². The third kappa shape index (κ3) is 5.87. The number of benzene rings is 2. The van der Waals surface area contributed by atoms with Gasteiger partial charge in [0.15, 0.2) is 5.11 Å². The van der Waals surface area contributed by atoms with E-state index in [0.717, 1.165) is 16.9 Å². The number of thiocarbonyl (C=S) groups is 1. The number of aryl methyl sites for hydroxylation is 1. The molecule has 0 amide bonds. The molecule has 0 saturated carbocycles. The number of aromatic nitrogens is 1. The maximum Gasteiger partial charge on any atom is 0.243 e. The zero-order chi connectivity index (χ0) is 23.3. The molecule has 0 bridgehead atoms. The van der Waals surface area contributed by atoms with Crippen molar-refractivity contribution in [3.63, 3.8) is 0 Å². The quantitative estimate of drug-likeness (QED) is 0.523. The van der Waals surface area contributed by atoms with E-state index in [1.54, 1.807) is 41.0 Å². The minimum Gasteiger partial charge on any atom is -0.369 e. The number of anilines is 2. The van der Waals surface area contributed by atoms with Crippen molar-refractivity contribution in [3.8, 4) is 0 Å². The van der Waals surface area contributed by atoms with Crippen molar-refractivity contribution < 1.29 is 8.42 Å². The molecule has 0 aliphatic carbocycles. The fraction of sp³-hybridized carbons (Fsp3) is 0.250. The van der Waals surface area contributed by atoms with Crippen LogP contribution in [-0.2, 0) is 16.6 Å². The summed E-state index contributed by atoms with van der Waals surface area (Å²) in [7, 11) is -3.54. The molecular weight excluding hydrogens is 454 g/mol. The summed E-state index contributed by atoms with van der Waals surface area (Å²) in [6, 6.07) is 18.9. The van der Waals surface area contributed by atoms with E-state index in [1.165, 1.54) is 5.56 Å². The molecule has 7 nitrogen and oxygen atoms in total. The number of sulfonamides is 1. The average Bonchev–Trinajstić information content (AvgIpc) is 2.84. The molecule has 9 heteroatoms. The maximum absolute atomic E-state index is 13.1. The molecular formula is C24H27N5O2S2.